The van der Waals surface area contributed by atoms with Gasteiger partial charge in [-0.2, -0.15) is 5.10 Å². The Morgan fingerprint density at radius 3 is 2.67 bits per heavy atom. The Bertz CT molecular complexity index is 546. The maximum Gasteiger partial charge on any atom is 0.0737 e. The largest absolute Gasteiger partial charge is 0.319 e. The van der Waals surface area contributed by atoms with Crippen LogP contribution in [-0.4, -0.2) is 9.78 Å². The Labute approximate surface area is 113 Å². The van der Waals surface area contributed by atoms with Crippen LogP contribution in [0.15, 0.2) is 30.5 Å². The lowest BCUT2D eigenvalue weighted by molar-refractivity contribution is 0.499. The van der Waals surface area contributed by atoms with Crippen LogP contribution < -0.4 is 5.73 Å². The summed E-state index contributed by atoms with van der Waals surface area (Å²) in [5.74, 6) is 0. The minimum atomic E-state index is -0.248. The van der Waals surface area contributed by atoms with Crippen LogP contribution in [0, 0.1) is 6.92 Å². The molecule has 0 aliphatic heterocycles. The molecule has 1 atom stereocenters. The summed E-state index contributed by atoms with van der Waals surface area (Å²) in [4.78, 5) is 0. The fraction of sp³-hybridized carbons (Fsp3) is 0.357. The Kier molecular flexibility index (Phi) is 3.73. The van der Waals surface area contributed by atoms with Crippen molar-refractivity contribution < 1.29 is 0 Å². The number of nitrogens with zero attached hydrogens (tertiary/aromatic N) is 2. The molecule has 4 heteroatoms. The molecule has 18 heavy (non-hydrogen) atoms. The highest BCUT2D eigenvalue weighted by Crippen LogP contribution is 2.29. The summed E-state index contributed by atoms with van der Waals surface area (Å²) >= 11 is 6.33. The molecular formula is C14H18ClN3. The zero-order valence-electron chi connectivity index (χ0n) is 10.9. The van der Waals surface area contributed by atoms with Gasteiger partial charge >= 0.3 is 0 Å². The van der Waals surface area contributed by atoms with E-state index in [9.17, 15) is 0 Å². The highest BCUT2D eigenvalue weighted by Gasteiger charge is 2.18. The van der Waals surface area contributed by atoms with E-state index in [1.807, 2.05) is 35.9 Å². The highest BCUT2D eigenvalue weighted by atomic mass is 35.5. The van der Waals surface area contributed by atoms with E-state index in [1.165, 1.54) is 0 Å². The lowest BCUT2D eigenvalue weighted by atomic mass is 10.0. The van der Waals surface area contributed by atoms with Crippen molar-refractivity contribution in [2.24, 2.45) is 5.73 Å². The highest BCUT2D eigenvalue weighted by molar-refractivity contribution is 6.32. The van der Waals surface area contributed by atoms with Crippen molar-refractivity contribution in [3.8, 4) is 0 Å². The van der Waals surface area contributed by atoms with E-state index >= 15 is 0 Å². The van der Waals surface area contributed by atoms with Gasteiger partial charge in [-0.1, -0.05) is 29.8 Å². The summed E-state index contributed by atoms with van der Waals surface area (Å²) in [5.41, 5.74) is 9.29. The fourth-order valence-corrected chi connectivity index (χ4v) is 2.32. The molecule has 0 radical (unpaired) electrons. The molecule has 0 aliphatic rings. The predicted octanol–water partition coefficient (Wildman–Crippen LogP) is 3.47. The Balaban J connectivity index is 2.45. The van der Waals surface area contributed by atoms with E-state index in [0.29, 0.717) is 0 Å². The molecule has 0 saturated heterocycles. The molecular weight excluding hydrogens is 246 g/mol. The third-order valence-electron chi connectivity index (χ3n) is 3.07. The van der Waals surface area contributed by atoms with Gasteiger partial charge in [0, 0.05) is 17.3 Å². The lowest BCUT2D eigenvalue weighted by Gasteiger charge is -2.18. The second-order valence-electron chi connectivity index (χ2n) is 4.75. The van der Waals surface area contributed by atoms with Gasteiger partial charge < -0.3 is 5.73 Å². The molecule has 2 N–H and O–H groups in total. The Morgan fingerprint density at radius 2 is 2.00 bits per heavy atom. The van der Waals surface area contributed by atoms with Crippen LogP contribution in [0.5, 0.6) is 0 Å². The molecule has 0 aliphatic carbocycles. The van der Waals surface area contributed by atoms with Crippen LogP contribution in [0.4, 0.5) is 0 Å². The van der Waals surface area contributed by atoms with Crippen molar-refractivity contribution >= 4 is 11.6 Å². The molecule has 0 saturated carbocycles. The van der Waals surface area contributed by atoms with Crippen molar-refractivity contribution in [3.05, 3.63) is 52.3 Å². The molecule has 0 spiro atoms. The first-order valence-electron chi connectivity index (χ1n) is 6.06. The SMILES string of the molecule is Cc1cccc(C(N)c2ccnn2C(C)C)c1Cl. The maximum atomic E-state index is 6.33. The second kappa shape index (κ2) is 5.12. The molecule has 2 rings (SSSR count). The molecule has 0 bridgehead atoms. The van der Waals surface area contributed by atoms with E-state index in [1.54, 1.807) is 6.20 Å². The van der Waals surface area contributed by atoms with Gasteiger partial charge in [-0.3, -0.25) is 4.68 Å². The average Bonchev–Trinajstić information content (AvgIpc) is 2.81. The van der Waals surface area contributed by atoms with E-state index < -0.39 is 0 Å². The molecule has 0 amide bonds. The van der Waals surface area contributed by atoms with E-state index in [2.05, 4.69) is 18.9 Å². The molecule has 2 aromatic rings. The van der Waals surface area contributed by atoms with Gasteiger partial charge in [-0.05, 0) is 38.0 Å². The van der Waals surface area contributed by atoms with Crippen molar-refractivity contribution in [2.75, 3.05) is 0 Å². The summed E-state index contributed by atoms with van der Waals surface area (Å²) in [5, 5.41) is 5.05. The van der Waals surface area contributed by atoms with Gasteiger partial charge in [0.25, 0.3) is 0 Å². The Morgan fingerprint density at radius 1 is 1.28 bits per heavy atom. The number of nitrogens with two attached hydrogens (primary N) is 1. The molecule has 3 nitrogen and oxygen atoms in total. The van der Waals surface area contributed by atoms with E-state index in [0.717, 1.165) is 21.8 Å². The summed E-state index contributed by atoms with van der Waals surface area (Å²) in [6.45, 7) is 6.15. The van der Waals surface area contributed by atoms with Crippen molar-refractivity contribution in [1.82, 2.24) is 9.78 Å². The average molecular weight is 264 g/mol. The van der Waals surface area contributed by atoms with Gasteiger partial charge in [-0.15, -0.1) is 0 Å². The van der Waals surface area contributed by atoms with Crippen molar-refractivity contribution in [1.29, 1.82) is 0 Å². The quantitative estimate of drug-likeness (QED) is 0.921. The van der Waals surface area contributed by atoms with Gasteiger partial charge in [0.2, 0.25) is 0 Å². The number of halogens is 1. The van der Waals surface area contributed by atoms with E-state index in [4.69, 9.17) is 17.3 Å². The molecule has 1 aromatic heterocycles. The minimum absolute atomic E-state index is 0.248. The predicted molar refractivity (Wildman–Crippen MR) is 74.8 cm³/mol. The summed E-state index contributed by atoms with van der Waals surface area (Å²) in [7, 11) is 0. The molecule has 1 unspecified atom stereocenters. The number of aryl methyl sites for hydroxylation is 1. The number of benzene rings is 1. The number of hydrogen-bond donors (Lipinski definition) is 1. The topological polar surface area (TPSA) is 43.8 Å². The van der Waals surface area contributed by atoms with Crippen molar-refractivity contribution in [3.63, 3.8) is 0 Å². The number of hydrogen-bond acceptors (Lipinski definition) is 2. The van der Waals surface area contributed by atoms with Gasteiger partial charge in [0.1, 0.15) is 0 Å². The van der Waals surface area contributed by atoms with E-state index in [-0.39, 0.29) is 12.1 Å². The summed E-state index contributed by atoms with van der Waals surface area (Å²) in [6, 6.07) is 7.91. The number of rotatable bonds is 3. The van der Waals surface area contributed by atoms with Crippen LogP contribution >= 0.6 is 11.6 Å². The van der Waals surface area contributed by atoms with Crippen LogP contribution in [0.25, 0.3) is 0 Å². The Hall–Kier alpha value is -1.32. The molecule has 96 valence electrons. The monoisotopic (exact) mass is 263 g/mol. The van der Waals surface area contributed by atoms with Gasteiger partial charge in [0.15, 0.2) is 0 Å². The van der Waals surface area contributed by atoms with Crippen LogP contribution in [0.3, 0.4) is 0 Å². The zero-order chi connectivity index (χ0) is 13.3. The zero-order valence-corrected chi connectivity index (χ0v) is 11.6. The van der Waals surface area contributed by atoms with Crippen LogP contribution in [0.1, 0.15) is 42.8 Å². The lowest BCUT2D eigenvalue weighted by Crippen LogP contribution is -2.19. The number of aromatic nitrogens is 2. The third kappa shape index (κ3) is 2.28. The standard InChI is InChI=1S/C14H18ClN3/c1-9(2)18-12(7-8-17-18)14(16)11-6-4-5-10(3)13(11)15/h4-9,14H,16H2,1-3H3. The third-order valence-corrected chi connectivity index (χ3v) is 3.58. The smallest absolute Gasteiger partial charge is 0.0737 e. The molecule has 1 aromatic carbocycles. The molecule has 1 heterocycles. The summed E-state index contributed by atoms with van der Waals surface area (Å²) in [6.07, 6.45) is 1.78. The fourth-order valence-electron chi connectivity index (χ4n) is 2.07. The van der Waals surface area contributed by atoms with Gasteiger partial charge in [-0.25, -0.2) is 0 Å². The normalized spacial score (nSPS) is 13.0. The van der Waals surface area contributed by atoms with Crippen LogP contribution in [-0.2, 0) is 0 Å². The van der Waals surface area contributed by atoms with Crippen molar-refractivity contribution in [2.45, 2.75) is 32.9 Å². The second-order valence-corrected chi connectivity index (χ2v) is 5.13. The molecule has 0 fully saturated rings. The first-order chi connectivity index (χ1) is 8.52. The maximum absolute atomic E-state index is 6.33. The van der Waals surface area contributed by atoms with Crippen LogP contribution in [0.2, 0.25) is 5.02 Å². The van der Waals surface area contributed by atoms with Gasteiger partial charge in [0.05, 0.1) is 11.7 Å². The minimum Gasteiger partial charge on any atom is -0.319 e. The summed E-state index contributed by atoms with van der Waals surface area (Å²) < 4.78 is 1.93. The first kappa shape index (κ1) is 13.1. The first-order valence-corrected chi connectivity index (χ1v) is 6.44.